The van der Waals surface area contributed by atoms with E-state index in [9.17, 15) is 5.26 Å². The van der Waals surface area contributed by atoms with Crippen molar-refractivity contribution >= 4 is 0 Å². The van der Waals surface area contributed by atoms with Crippen LogP contribution >= 0.6 is 0 Å². The molecule has 1 unspecified atom stereocenters. The number of nitriles is 1. The van der Waals surface area contributed by atoms with E-state index in [1.165, 1.54) is 11.1 Å². The van der Waals surface area contributed by atoms with E-state index in [0.29, 0.717) is 5.82 Å². The van der Waals surface area contributed by atoms with Crippen LogP contribution in [-0.2, 0) is 0 Å². The molecule has 0 amide bonds. The van der Waals surface area contributed by atoms with Crippen LogP contribution in [-0.4, -0.2) is 26.6 Å². The van der Waals surface area contributed by atoms with Crippen LogP contribution in [0.4, 0.5) is 0 Å². The largest absolute Gasteiger partial charge is 0.300 e. The number of hydrogen-bond donors (Lipinski definition) is 1. The normalized spacial score (nSPS) is 17.0. The maximum Gasteiger partial charge on any atom is 0.181 e. The lowest BCUT2D eigenvalue weighted by Crippen LogP contribution is -2.18. The lowest BCUT2D eigenvalue weighted by molar-refractivity contribution is 0.360. The molecular weight excluding hydrogens is 298 g/mol. The maximum absolute atomic E-state index is 9.17. The molecule has 1 fully saturated rings. The molecule has 1 saturated heterocycles. The fraction of sp³-hybridized carbons (Fsp3) is 0.211. The Labute approximate surface area is 140 Å². The van der Waals surface area contributed by atoms with E-state index in [2.05, 4.69) is 45.6 Å². The molecule has 24 heavy (non-hydrogen) atoms. The minimum atomic E-state index is 0.0276. The Bertz CT molecular complexity index is 861. The summed E-state index contributed by atoms with van der Waals surface area (Å²) in [4.78, 5) is 6.37. The van der Waals surface area contributed by atoms with Crippen LogP contribution < -0.4 is 0 Å². The van der Waals surface area contributed by atoms with Crippen molar-refractivity contribution in [2.45, 2.75) is 18.9 Å². The summed E-state index contributed by atoms with van der Waals surface area (Å²) >= 11 is 0. The Morgan fingerprint density at radius 3 is 2.46 bits per heavy atom. The maximum atomic E-state index is 9.17. The Hall–Kier alpha value is -3.13. The number of aromatic amines is 1. The second kappa shape index (κ2) is 6.17. The van der Waals surface area contributed by atoms with Crippen molar-refractivity contribution in [1.29, 1.82) is 5.26 Å². The molecule has 1 aliphatic rings. The summed E-state index contributed by atoms with van der Waals surface area (Å²) < 4.78 is 0. The van der Waals surface area contributed by atoms with Crippen molar-refractivity contribution in [2.24, 2.45) is 0 Å². The predicted octanol–water partition coefficient (Wildman–Crippen LogP) is 3.76. The molecule has 0 radical (unpaired) electrons. The standard InChI is InChI=1S/C19H17N5/c20-13-24-12-4-7-17(24)19-21-18(22-23-19)16-10-8-15(9-11-16)14-5-2-1-3-6-14/h1-3,5-6,8-11,17H,4,7,12H2,(H,21,22,23). The van der Waals surface area contributed by atoms with Gasteiger partial charge in [-0.05, 0) is 24.0 Å². The fourth-order valence-corrected chi connectivity index (χ4v) is 3.17. The van der Waals surface area contributed by atoms with Crippen LogP contribution in [0.3, 0.4) is 0 Å². The molecule has 5 heteroatoms. The Morgan fingerprint density at radius 2 is 1.71 bits per heavy atom. The van der Waals surface area contributed by atoms with Crippen LogP contribution in [0.15, 0.2) is 54.6 Å². The molecule has 2 aromatic carbocycles. The highest BCUT2D eigenvalue weighted by atomic mass is 15.3. The SMILES string of the molecule is N#CN1CCCC1c1nc(-c2ccc(-c3ccccc3)cc2)n[nH]1. The third-order valence-corrected chi connectivity index (χ3v) is 4.45. The van der Waals surface area contributed by atoms with E-state index in [0.717, 1.165) is 30.8 Å². The molecule has 5 nitrogen and oxygen atoms in total. The number of nitrogens with one attached hydrogen (secondary N) is 1. The third-order valence-electron chi connectivity index (χ3n) is 4.45. The van der Waals surface area contributed by atoms with Gasteiger partial charge in [0.25, 0.3) is 0 Å². The lowest BCUT2D eigenvalue weighted by Gasteiger charge is -2.14. The molecule has 1 N–H and O–H groups in total. The molecule has 118 valence electrons. The van der Waals surface area contributed by atoms with Crippen LogP contribution in [0.5, 0.6) is 0 Å². The van der Waals surface area contributed by atoms with Crippen LogP contribution in [0.1, 0.15) is 24.7 Å². The number of rotatable bonds is 3. The number of hydrogen-bond acceptors (Lipinski definition) is 4. The van der Waals surface area contributed by atoms with Gasteiger partial charge in [-0.3, -0.25) is 10.00 Å². The second-order valence-electron chi connectivity index (χ2n) is 5.94. The molecular formula is C19H17N5. The minimum Gasteiger partial charge on any atom is -0.300 e. The minimum absolute atomic E-state index is 0.0276. The zero-order chi connectivity index (χ0) is 16.4. The van der Waals surface area contributed by atoms with Gasteiger partial charge in [0.15, 0.2) is 12.0 Å². The van der Waals surface area contributed by atoms with E-state index in [1.54, 1.807) is 4.90 Å². The fourth-order valence-electron chi connectivity index (χ4n) is 3.17. The summed E-state index contributed by atoms with van der Waals surface area (Å²) in [5.74, 6) is 1.45. The first-order valence-electron chi connectivity index (χ1n) is 8.10. The monoisotopic (exact) mass is 315 g/mol. The Kier molecular flexibility index (Phi) is 3.72. The molecule has 3 aromatic rings. The predicted molar refractivity (Wildman–Crippen MR) is 91.5 cm³/mol. The van der Waals surface area contributed by atoms with Crippen LogP contribution in [0.25, 0.3) is 22.5 Å². The van der Waals surface area contributed by atoms with Crippen molar-refractivity contribution in [1.82, 2.24) is 20.1 Å². The quantitative estimate of drug-likeness (QED) is 0.747. The number of likely N-dealkylation sites (tertiary alicyclic amines) is 1. The average Bonchev–Trinajstić information content (AvgIpc) is 3.31. The zero-order valence-corrected chi connectivity index (χ0v) is 13.2. The van der Waals surface area contributed by atoms with Gasteiger partial charge in [0.1, 0.15) is 5.82 Å². The molecule has 0 saturated carbocycles. The van der Waals surface area contributed by atoms with Crippen molar-refractivity contribution in [3.05, 3.63) is 60.4 Å². The van der Waals surface area contributed by atoms with Crippen molar-refractivity contribution in [2.75, 3.05) is 6.54 Å². The molecule has 0 aliphatic carbocycles. The third kappa shape index (κ3) is 2.63. The smallest absolute Gasteiger partial charge is 0.181 e. The summed E-state index contributed by atoms with van der Waals surface area (Å²) in [6.45, 7) is 0.795. The van der Waals surface area contributed by atoms with Gasteiger partial charge in [-0.1, -0.05) is 54.6 Å². The number of nitrogens with zero attached hydrogens (tertiary/aromatic N) is 4. The van der Waals surface area contributed by atoms with Crippen molar-refractivity contribution < 1.29 is 0 Å². The molecule has 4 rings (SSSR count). The summed E-state index contributed by atoms with van der Waals surface area (Å²) in [5, 5.41) is 16.5. The summed E-state index contributed by atoms with van der Waals surface area (Å²) in [5.41, 5.74) is 3.33. The summed E-state index contributed by atoms with van der Waals surface area (Å²) in [7, 11) is 0. The van der Waals surface area contributed by atoms with Gasteiger partial charge in [0.2, 0.25) is 0 Å². The van der Waals surface area contributed by atoms with Crippen molar-refractivity contribution in [3.8, 4) is 28.7 Å². The first kappa shape index (κ1) is 14.5. The van der Waals surface area contributed by atoms with Gasteiger partial charge < -0.3 is 0 Å². The molecule has 1 aliphatic heterocycles. The first-order chi connectivity index (χ1) is 11.8. The van der Waals surface area contributed by atoms with Gasteiger partial charge in [-0.15, -0.1) is 0 Å². The van der Waals surface area contributed by atoms with Gasteiger partial charge in [-0.2, -0.15) is 10.4 Å². The van der Waals surface area contributed by atoms with E-state index >= 15 is 0 Å². The lowest BCUT2D eigenvalue weighted by atomic mass is 10.0. The molecule has 2 heterocycles. The molecule has 0 spiro atoms. The van der Waals surface area contributed by atoms with Gasteiger partial charge in [0.05, 0.1) is 6.04 Å². The number of H-pyrrole nitrogens is 1. The highest BCUT2D eigenvalue weighted by Gasteiger charge is 2.28. The number of aromatic nitrogens is 3. The average molecular weight is 315 g/mol. The van der Waals surface area contributed by atoms with Crippen LogP contribution in [0, 0.1) is 11.5 Å². The summed E-state index contributed by atoms with van der Waals surface area (Å²) in [6.07, 6.45) is 4.19. The van der Waals surface area contributed by atoms with E-state index in [-0.39, 0.29) is 6.04 Å². The van der Waals surface area contributed by atoms with Gasteiger partial charge in [-0.25, -0.2) is 4.98 Å². The Balaban J connectivity index is 1.58. The topological polar surface area (TPSA) is 68.6 Å². The van der Waals surface area contributed by atoms with E-state index < -0.39 is 0 Å². The van der Waals surface area contributed by atoms with Crippen molar-refractivity contribution in [3.63, 3.8) is 0 Å². The second-order valence-corrected chi connectivity index (χ2v) is 5.94. The first-order valence-corrected chi connectivity index (χ1v) is 8.10. The van der Waals surface area contributed by atoms with Gasteiger partial charge in [0, 0.05) is 12.1 Å². The highest BCUT2D eigenvalue weighted by Crippen LogP contribution is 2.30. The zero-order valence-electron chi connectivity index (χ0n) is 13.2. The molecule has 1 aromatic heterocycles. The van der Waals surface area contributed by atoms with E-state index in [1.807, 2.05) is 30.3 Å². The van der Waals surface area contributed by atoms with Crippen LogP contribution in [0.2, 0.25) is 0 Å². The summed E-state index contributed by atoms with van der Waals surface area (Å²) in [6, 6.07) is 18.5. The molecule has 1 atom stereocenters. The van der Waals surface area contributed by atoms with Gasteiger partial charge >= 0.3 is 0 Å². The highest BCUT2D eigenvalue weighted by molar-refractivity contribution is 5.67. The Morgan fingerprint density at radius 1 is 1.00 bits per heavy atom. The molecule has 0 bridgehead atoms. The number of benzene rings is 2. The van der Waals surface area contributed by atoms with E-state index in [4.69, 9.17) is 0 Å².